The van der Waals surface area contributed by atoms with Crippen LogP contribution in [0.4, 0.5) is 5.69 Å². The van der Waals surface area contributed by atoms with Crippen molar-refractivity contribution < 1.29 is 0 Å². The van der Waals surface area contributed by atoms with Crippen molar-refractivity contribution in [1.29, 1.82) is 0 Å². The zero-order chi connectivity index (χ0) is 12.8. The third-order valence-corrected chi connectivity index (χ3v) is 4.03. The molecule has 2 N–H and O–H groups in total. The van der Waals surface area contributed by atoms with E-state index in [4.69, 9.17) is 5.73 Å². The van der Waals surface area contributed by atoms with E-state index < -0.39 is 0 Å². The fourth-order valence-electron chi connectivity index (χ4n) is 2.30. The summed E-state index contributed by atoms with van der Waals surface area (Å²) in [5, 5.41) is 0. The normalized spacial score (nSPS) is 11.4. The topological polar surface area (TPSA) is 56.7 Å². The molecule has 19 heavy (non-hydrogen) atoms. The molecule has 0 radical (unpaired) electrons. The number of hydrogen-bond acceptors (Lipinski definition) is 4. The van der Waals surface area contributed by atoms with Crippen LogP contribution >= 0.6 is 11.3 Å². The monoisotopic (exact) mass is 266 g/mol. The summed E-state index contributed by atoms with van der Waals surface area (Å²) in [6, 6.07) is 12.1. The predicted octanol–water partition coefficient (Wildman–Crippen LogP) is 3.22. The van der Waals surface area contributed by atoms with Crippen molar-refractivity contribution in [3.63, 3.8) is 0 Å². The van der Waals surface area contributed by atoms with Gasteiger partial charge in [0.15, 0.2) is 0 Å². The maximum Gasteiger partial charge on any atom is 0.106 e. The summed E-state index contributed by atoms with van der Waals surface area (Å²) in [4.78, 5) is 8.72. The summed E-state index contributed by atoms with van der Waals surface area (Å²) >= 11 is 1.60. The summed E-state index contributed by atoms with van der Waals surface area (Å²) in [6.07, 6.45) is 1.80. The Morgan fingerprint density at radius 1 is 1.05 bits per heavy atom. The van der Waals surface area contributed by atoms with Gasteiger partial charge >= 0.3 is 0 Å². The fourth-order valence-corrected chi connectivity index (χ4v) is 3.00. The van der Waals surface area contributed by atoms with Gasteiger partial charge in [0.25, 0.3) is 0 Å². The third-order valence-electron chi connectivity index (χ3n) is 3.23. The first-order valence-corrected chi connectivity index (χ1v) is 6.77. The average molecular weight is 266 g/mol. The van der Waals surface area contributed by atoms with Crippen LogP contribution in [-0.4, -0.2) is 14.5 Å². The summed E-state index contributed by atoms with van der Waals surface area (Å²) in [6.45, 7) is 0. The number of thiazole rings is 1. The van der Waals surface area contributed by atoms with Gasteiger partial charge in [-0.1, -0.05) is 12.1 Å². The highest BCUT2D eigenvalue weighted by atomic mass is 32.1. The first-order chi connectivity index (χ1) is 9.34. The fraction of sp³-hybridized carbons (Fsp3) is 0. The van der Waals surface area contributed by atoms with E-state index in [0.29, 0.717) is 5.69 Å². The average Bonchev–Trinajstić information content (AvgIpc) is 3.06. The lowest BCUT2D eigenvalue weighted by Gasteiger charge is -2.08. The van der Waals surface area contributed by atoms with Crippen molar-refractivity contribution in [2.24, 2.45) is 0 Å². The molecule has 4 rings (SSSR count). The van der Waals surface area contributed by atoms with Crippen molar-refractivity contribution in [1.82, 2.24) is 14.5 Å². The van der Waals surface area contributed by atoms with Gasteiger partial charge in [-0.15, -0.1) is 11.3 Å². The molecule has 0 bridgehead atoms. The van der Waals surface area contributed by atoms with Crippen molar-refractivity contribution in [2.75, 3.05) is 5.73 Å². The number of rotatable bonds is 1. The molecule has 0 amide bonds. The van der Waals surface area contributed by atoms with E-state index in [0.717, 1.165) is 26.9 Å². The molecule has 4 aromatic rings. The molecule has 2 aromatic heterocycles. The minimum atomic E-state index is 0.696. The van der Waals surface area contributed by atoms with Crippen LogP contribution in [0.2, 0.25) is 0 Å². The number of imidazole rings is 1. The summed E-state index contributed by atoms with van der Waals surface area (Å²) in [7, 11) is 0. The Labute approximate surface area is 113 Å². The molecule has 0 aliphatic heterocycles. The van der Waals surface area contributed by atoms with Gasteiger partial charge in [-0.2, -0.15) is 0 Å². The molecule has 92 valence electrons. The lowest BCUT2D eigenvalue weighted by atomic mass is 10.2. The molecule has 0 saturated carbocycles. The van der Waals surface area contributed by atoms with Crippen LogP contribution in [0.25, 0.3) is 26.9 Å². The highest BCUT2D eigenvalue weighted by Gasteiger charge is 2.10. The number of nitrogens with zero attached hydrogens (tertiary/aromatic N) is 3. The first-order valence-electron chi connectivity index (χ1n) is 5.89. The second-order valence-electron chi connectivity index (χ2n) is 4.30. The zero-order valence-electron chi connectivity index (χ0n) is 9.95. The van der Waals surface area contributed by atoms with Gasteiger partial charge in [0, 0.05) is 0 Å². The van der Waals surface area contributed by atoms with E-state index in [1.54, 1.807) is 17.7 Å². The van der Waals surface area contributed by atoms with E-state index in [2.05, 4.69) is 9.97 Å². The molecule has 0 aliphatic rings. The van der Waals surface area contributed by atoms with Gasteiger partial charge in [-0.05, 0) is 24.3 Å². The lowest BCUT2D eigenvalue weighted by molar-refractivity contribution is 1.10. The van der Waals surface area contributed by atoms with Crippen molar-refractivity contribution in [3.05, 3.63) is 48.2 Å². The highest BCUT2D eigenvalue weighted by Crippen LogP contribution is 2.30. The third kappa shape index (κ3) is 1.45. The number of nitrogen functional groups attached to an aromatic ring is 1. The number of nitrogens with two attached hydrogens (primary N) is 1. The molecule has 0 aliphatic carbocycles. The van der Waals surface area contributed by atoms with Gasteiger partial charge in [0.05, 0.1) is 32.6 Å². The maximum absolute atomic E-state index is 6.24. The molecule has 2 heterocycles. The Bertz CT molecular complexity index is 891. The smallest absolute Gasteiger partial charge is 0.106 e. The molecule has 0 fully saturated rings. The van der Waals surface area contributed by atoms with Crippen molar-refractivity contribution >= 4 is 38.3 Å². The lowest BCUT2D eigenvalue weighted by Crippen LogP contribution is -1.99. The summed E-state index contributed by atoms with van der Waals surface area (Å²) in [5.41, 5.74) is 12.5. The van der Waals surface area contributed by atoms with Crippen molar-refractivity contribution in [2.45, 2.75) is 0 Å². The zero-order valence-corrected chi connectivity index (χ0v) is 10.8. The molecule has 0 unspecified atom stereocenters. The summed E-state index contributed by atoms with van der Waals surface area (Å²) in [5.74, 6) is 0. The predicted molar refractivity (Wildman–Crippen MR) is 78.7 cm³/mol. The van der Waals surface area contributed by atoms with Crippen LogP contribution in [0.1, 0.15) is 0 Å². The number of hydrogen-bond donors (Lipinski definition) is 1. The minimum absolute atomic E-state index is 0.696. The van der Waals surface area contributed by atoms with Gasteiger partial charge in [0.2, 0.25) is 0 Å². The van der Waals surface area contributed by atoms with Gasteiger partial charge in [0.1, 0.15) is 11.8 Å². The second-order valence-corrected chi connectivity index (χ2v) is 5.19. The Morgan fingerprint density at radius 2 is 1.95 bits per heavy atom. The van der Waals surface area contributed by atoms with E-state index in [1.807, 2.05) is 46.5 Å². The first kappa shape index (κ1) is 10.5. The van der Waals surface area contributed by atoms with Crippen LogP contribution in [0, 0.1) is 0 Å². The van der Waals surface area contributed by atoms with Crippen LogP contribution in [0.3, 0.4) is 0 Å². The van der Waals surface area contributed by atoms with Gasteiger partial charge < -0.3 is 5.73 Å². The number of aromatic nitrogens is 3. The van der Waals surface area contributed by atoms with Crippen LogP contribution < -0.4 is 5.73 Å². The van der Waals surface area contributed by atoms with Gasteiger partial charge in [-0.25, -0.2) is 9.97 Å². The standard InChI is InChI=1S/C14H10N4S/c15-13-11(5-6-12-14(13)17-8-19-12)18-7-16-9-3-1-2-4-10(9)18/h1-8H,15H2. The Morgan fingerprint density at radius 3 is 2.89 bits per heavy atom. The van der Waals surface area contributed by atoms with Crippen molar-refractivity contribution in [3.8, 4) is 5.69 Å². The number of anilines is 1. The Balaban J connectivity index is 2.06. The van der Waals surface area contributed by atoms with E-state index >= 15 is 0 Å². The number of fused-ring (bicyclic) bond motifs is 2. The van der Waals surface area contributed by atoms with Crippen LogP contribution in [0.15, 0.2) is 48.2 Å². The van der Waals surface area contributed by atoms with E-state index in [-0.39, 0.29) is 0 Å². The van der Waals surface area contributed by atoms with E-state index in [9.17, 15) is 0 Å². The molecule has 0 saturated heterocycles. The Kier molecular flexibility index (Phi) is 2.10. The molecule has 0 atom stereocenters. The quantitative estimate of drug-likeness (QED) is 0.538. The molecular formula is C14H10N4S. The molecule has 2 aromatic carbocycles. The minimum Gasteiger partial charge on any atom is -0.395 e. The highest BCUT2D eigenvalue weighted by molar-refractivity contribution is 7.16. The van der Waals surface area contributed by atoms with Gasteiger partial charge in [-0.3, -0.25) is 4.57 Å². The molecular weight excluding hydrogens is 256 g/mol. The number of benzene rings is 2. The maximum atomic E-state index is 6.24. The largest absolute Gasteiger partial charge is 0.395 e. The van der Waals surface area contributed by atoms with Crippen LogP contribution in [0.5, 0.6) is 0 Å². The molecule has 4 nitrogen and oxygen atoms in total. The Hall–Kier alpha value is -2.40. The second kappa shape index (κ2) is 3.80. The van der Waals surface area contributed by atoms with E-state index in [1.165, 1.54) is 0 Å². The molecule has 5 heteroatoms. The SMILES string of the molecule is Nc1c(-n2cnc3ccccc32)ccc2scnc12. The molecule has 0 spiro atoms. The van der Waals surface area contributed by atoms with Crippen LogP contribution in [-0.2, 0) is 0 Å². The number of para-hydroxylation sites is 2. The summed E-state index contributed by atoms with van der Waals surface area (Å²) < 4.78 is 3.11.